The summed E-state index contributed by atoms with van der Waals surface area (Å²) in [6.07, 6.45) is 0. The molecular weight excluding hydrogens is 753 g/mol. The second kappa shape index (κ2) is 13.0. The molecule has 62 heavy (non-hydrogen) atoms. The van der Waals surface area contributed by atoms with E-state index in [1.165, 1.54) is 0 Å². The summed E-state index contributed by atoms with van der Waals surface area (Å²) < 4.78 is 90.4. The highest BCUT2D eigenvalue weighted by molar-refractivity contribution is 7.00. The van der Waals surface area contributed by atoms with Crippen LogP contribution in [0.25, 0.3) is 77.2 Å². The third kappa shape index (κ3) is 4.56. The standard InChI is InChI=1S/C56H32BN5/c58-33-44-53(61-49-29-27-37(35-15-4-1-5-16-35)31-42(49)43-32-38(28-30-50(43)61)36-17-6-2-7-18-36)45(34-59)56-52-55(44)60(39-19-8-3-9-20-39)51-26-13-11-23-46(51)57(52)47-24-14-22-41-40-21-10-12-25-48(40)62(56)54(41)47/h1-32H/i1D,2D,4D,5D,6D,7D,15D,16D,17D,18D. The number of nitrogens with zero attached hydrogens (tertiary/aromatic N) is 5. The molecule has 6 heteroatoms. The molecule has 0 N–H and O–H groups in total. The van der Waals surface area contributed by atoms with E-state index in [1.54, 1.807) is 36.4 Å². The Labute approximate surface area is 371 Å². The summed E-state index contributed by atoms with van der Waals surface area (Å²) in [5.74, 6) is 0. The SMILES string of the molecule is [2H]c1c([2H])c([2H])c(-c2ccc3c(c2)c2cc(-c4c([2H])c([2H])c([2H])c([2H])c4[2H])ccc2n3-c2c(C#N)c3c4c(c2C#N)-n2c5ccccc5c5cccc(c52)B4c2ccccc2N3c2ccccc2)c([2H])c1[2H]. The molecule has 4 heterocycles. The van der Waals surface area contributed by atoms with Gasteiger partial charge in [0.2, 0.25) is 0 Å². The van der Waals surface area contributed by atoms with E-state index >= 15 is 0 Å². The number of hydrogen-bond donors (Lipinski definition) is 0. The van der Waals surface area contributed by atoms with Crippen LogP contribution in [0.15, 0.2) is 194 Å². The van der Waals surface area contributed by atoms with Gasteiger partial charge in [-0.15, -0.1) is 0 Å². The molecule has 0 amide bonds. The first-order valence-electron chi connectivity index (χ1n) is 25.1. The maximum atomic E-state index is 12.0. The zero-order valence-electron chi connectivity index (χ0n) is 42.5. The summed E-state index contributed by atoms with van der Waals surface area (Å²) in [5.41, 5.74) is 9.59. The van der Waals surface area contributed by atoms with Crippen LogP contribution in [0, 0.1) is 22.7 Å². The van der Waals surface area contributed by atoms with Crippen LogP contribution in [0.1, 0.15) is 24.8 Å². The minimum atomic E-state index is -0.538. The molecule has 0 atom stereocenters. The Balaban J connectivity index is 1.24. The summed E-state index contributed by atoms with van der Waals surface area (Å²) in [6.45, 7) is -0.405. The summed E-state index contributed by atoms with van der Waals surface area (Å²) in [6, 6.07) is 43.1. The van der Waals surface area contributed by atoms with E-state index in [-0.39, 0.29) is 27.9 Å². The van der Waals surface area contributed by atoms with Gasteiger partial charge in [-0.1, -0.05) is 145 Å². The van der Waals surface area contributed by atoms with Gasteiger partial charge in [-0.05, 0) is 87.2 Å². The Kier molecular flexibility index (Phi) is 5.40. The molecule has 5 nitrogen and oxygen atoms in total. The van der Waals surface area contributed by atoms with Crippen molar-refractivity contribution in [3.63, 3.8) is 0 Å². The van der Waals surface area contributed by atoms with Crippen molar-refractivity contribution < 1.29 is 13.7 Å². The minimum Gasteiger partial charge on any atom is -0.310 e. The lowest BCUT2D eigenvalue weighted by Gasteiger charge is -2.41. The molecule has 0 spiro atoms. The maximum absolute atomic E-state index is 12.0. The van der Waals surface area contributed by atoms with Crippen molar-refractivity contribution in [3.05, 3.63) is 205 Å². The number of fused-ring (bicyclic) bond motifs is 10. The Morgan fingerprint density at radius 3 is 1.69 bits per heavy atom. The van der Waals surface area contributed by atoms with Gasteiger partial charge in [0.1, 0.15) is 23.3 Å². The lowest BCUT2D eigenvalue weighted by molar-refractivity contribution is 1.10. The molecule has 0 radical (unpaired) electrons. The van der Waals surface area contributed by atoms with Gasteiger partial charge in [0.05, 0.1) is 47.3 Å². The lowest BCUT2D eigenvalue weighted by atomic mass is 9.33. The van der Waals surface area contributed by atoms with Crippen LogP contribution < -0.4 is 21.3 Å². The lowest BCUT2D eigenvalue weighted by Crippen LogP contribution is -2.61. The second-order valence-corrected chi connectivity index (χ2v) is 15.5. The molecule has 0 unspecified atom stereocenters. The molecule has 0 saturated carbocycles. The zero-order chi connectivity index (χ0) is 49.8. The first-order valence-corrected chi connectivity index (χ1v) is 20.1. The Morgan fingerprint density at radius 1 is 0.452 bits per heavy atom. The van der Waals surface area contributed by atoms with Crippen molar-refractivity contribution in [1.29, 1.82) is 10.5 Å². The van der Waals surface area contributed by atoms with Gasteiger partial charge in [-0.2, -0.15) is 10.5 Å². The maximum Gasteiger partial charge on any atom is 0.252 e. The van der Waals surface area contributed by atoms with Gasteiger partial charge < -0.3 is 14.0 Å². The van der Waals surface area contributed by atoms with Gasteiger partial charge in [-0.3, -0.25) is 0 Å². The highest BCUT2D eigenvalue weighted by atomic mass is 15.2. The van der Waals surface area contributed by atoms with Crippen LogP contribution in [0.3, 0.4) is 0 Å². The van der Waals surface area contributed by atoms with Crippen molar-refractivity contribution in [2.24, 2.45) is 0 Å². The molecule has 0 bridgehead atoms. The van der Waals surface area contributed by atoms with Crippen LogP contribution in [-0.2, 0) is 0 Å². The van der Waals surface area contributed by atoms with Crippen molar-refractivity contribution in [1.82, 2.24) is 9.13 Å². The fourth-order valence-corrected chi connectivity index (χ4v) is 10.2. The van der Waals surface area contributed by atoms with E-state index in [4.69, 9.17) is 13.7 Å². The highest BCUT2D eigenvalue weighted by Gasteiger charge is 2.46. The van der Waals surface area contributed by atoms with E-state index in [2.05, 4.69) is 58.0 Å². The molecule has 2 aromatic heterocycles. The quantitative estimate of drug-likeness (QED) is 0.167. The number of rotatable bonds is 4. The molecule has 284 valence electrons. The first kappa shape index (κ1) is 25.8. The predicted octanol–water partition coefficient (Wildman–Crippen LogP) is 11.6. The fourth-order valence-electron chi connectivity index (χ4n) is 10.2. The van der Waals surface area contributed by atoms with E-state index < -0.39 is 67.1 Å². The van der Waals surface area contributed by atoms with Crippen LogP contribution >= 0.6 is 0 Å². The molecule has 11 aromatic rings. The number of nitriles is 2. The molecule has 13 rings (SSSR count). The largest absolute Gasteiger partial charge is 0.310 e. The van der Waals surface area contributed by atoms with Crippen molar-refractivity contribution >= 4 is 83.8 Å². The van der Waals surface area contributed by atoms with Gasteiger partial charge in [0, 0.05) is 38.4 Å². The van der Waals surface area contributed by atoms with E-state index in [0.717, 1.165) is 49.6 Å². The van der Waals surface area contributed by atoms with Crippen molar-refractivity contribution in [3.8, 4) is 45.8 Å². The molecular formula is C56H32BN5. The van der Waals surface area contributed by atoms with E-state index in [0.29, 0.717) is 44.3 Å². The van der Waals surface area contributed by atoms with Crippen molar-refractivity contribution in [2.45, 2.75) is 0 Å². The summed E-state index contributed by atoms with van der Waals surface area (Å²) in [5, 5.41) is 26.9. The third-order valence-electron chi connectivity index (χ3n) is 12.5. The number of para-hydroxylation sites is 4. The molecule has 2 aliphatic heterocycles. The molecule has 2 aliphatic rings. The fraction of sp³-hybridized carbons (Fsp3) is 0. The third-order valence-corrected chi connectivity index (χ3v) is 12.5. The number of anilines is 3. The predicted molar refractivity (Wildman–Crippen MR) is 255 cm³/mol. The number of benzene rings is 9. The highest BCUT2D eigenvalue weighted by Crippen LogP contribution is 2.48. The number of hydrogen-bond acceptors (Lipinski definition) is 3. The minimum absolute atomic E-state index is 0.0374. The monoisotopic (exact) mass is 795 g/mol. The average Bonchev–Trinajstić information content (AvgIpc) is 3.92. The molecule has 9 aromatic carbocycles. The summed E-state index contributed by atoms with van der Waals surface area (Å²) in [7, 11) is 0. The Bertz CT molecular complexity index is 4210. The van der Waals surface area contributed by atoms with Crippen LogP contribution in [0.4, 0.5) is 17.1 Å². The summed E-state index contributed by atoms with van der Waals surface area (Å²) >= 11 is 0. The van der Waals surface area contributed by atoms with Gasteiger partial charge in [0.25, 0.3) is 6.71 Å². The normalized spacial score (nSPS) is 14.7. The van der Waals surface area contributed by atoms with Crippen LogP contribution in [-0.4, -0.2) is 15.8 Å². The van der Waals surface area contributed by atoms with Gasteiger partial charge >= 0.3 is 0 Å². The molecule has 0 saturated heterocycles. The first-order chi connectivity index (χ1) is 34.9. The zero-order valence-corrected chi connectivity index (χ0v) is 32.5. The Morgan fingerprint density at radius 2 is 1.02 bits per heavy atom. The van der Waals surface area contributed by atoms with Crippen molar-refractivity contribution in [2.75, 3.05) is 4.90 Å². The van der Waals surface area contributed by atoms with E-state index in [1.807, 2.05) is 65.2 Å². The van der Waals surface area contributed by atoms with Crippen LogP contribution in [0.2, 0.25) is 0 Å². The molecule has 0 fully saturated rings. The van der Waals surface area contributed by atoms with Crippen LogP contribution in [0.5, 0.6) is 0 Å². The van der Waals surface area contributed by atoms with Gasteiger partial charge in [-0.25, -0.2) is 0 Å². The topological polar surface area (TPSA) is 60.7 Å². The smallest absolute Gasteiger partial charge is 0.252 e. The van der Waals surface area contributed by atoms with Gasteiger partial charge in [0.15, 0.2) is 0 Å². The Hall–Kier alpha value is -8.58. The average molecular weight is 796 g/mol. The van der Waals surface area contributed by atoms with E-state index in [9.17, 15) is 10.5 Å². The molecule has 0 aliphatic carbocycles. The number of aromatic nitrogens is 2. The summed E-state index contributed by atoms with van der Waals surface area (Å²) in [4.78, 5) is 2.10. The second-order valence-electron chi connectivity index (χ2n) is 15.5.